The smallest absolute Gasteiger partial charge is 0.573 e. The second kappa shape index (κ2) is 13.0. The first-order chi connectivity index (χ1) is 20.1. The highest BCUT2D eigenvalue weighted by molar-refractivity contribution is 7.92. The van der Waals surface area contributed by atoms with Gasteiger partial charge in [-0.05, 0) is 31.4 Å². The fourth-order valence-corrected chi connectivity index (χ4v) is 6.15. The van der Waals surface area contributed by atoms with Crippen LogP contribution in [-0.2, 0) is 28.7 Å². The maximum absolute atomic E-state index is 15.2. The number of halogens is 8. The summed E-state index contributed by atoms with van der Waals surface area (Å²) in [5.74, 6) is -5.18. The van der Waals surface area contributed by atoms with Gasteiger partial charge in [-0.1, -0.05) is 6.92 Å². The number of hydrogen-bond donors (Lipinski definition) is 1. The molecule has 17 heteroatoms. The molecule has 0 saturated heterocycles. The van der Waals surface area contributed by atoms with Crippen LogP contribution in [0.2, 0.25) is 0 Å². The number of alkyl halides is 7. The van der Waals surface area contributed by atoms with Gasteiger partial charge < -0.3 is 14.6 Å². The van der Waals surface area contributed by atoms with E-state index in [0.717, 1.165) is 30.7 Å². The molecule has 43 heavy (non-hydrogen) atoms. The number of carbonyl (C=O) groups excluding carboxylic acids is 1. The summed E-state index contributed by atoms with van der Waals surface area (Å²) in [6.07, 6.45) is -8.31. The molecule has 0 spiro atoms. The molecule has 0 aromatic carbocycles. The molecule has 1 fully saturated rings. The van der Waals surface area contributed by atoms with Crippen LogP contribution in [0.15, 0.2) is 48.0 Å². The molecule has 0 radical (unpaired) electrons. The zero-order valence-electron chi connectivity index (χ0n) is 22.1. The van der Waals surface area contributed by atoms with E-state index in [2.05, 4.69) is 30.0 Å². The van der Waals surface area contributed by atoms with Gasteiger partial charge in [0, 0.05) is 59.1 Å². The number of amides is 1. The molecule has 0 bridgehead atoms. The molecule has 3 aromatic heterocycles. The maximum atomic E-state index is 15.2. The van der Waals surface area contributed by atoms with Gasteiger partial charge in [-0.3, -0.25) is 9.78 Å². The molecule has 0 aliphatic heterocycles. The Bertz CT molecular complexity index is 1410. The Morgan fingerprint density at radius 3 is 2.35 bits per heavy atom. The summed E-state index contributed by atoms with van der Waals surface area (Å²) in [4.78, 5) is 27.0. The van der Waals surface area contributed by atoms with Crippen LogP contribution in [0.4, 0.5) is 35.1 Å². The van der Waals surface area contributed by atoms with E-state index in [0.29, 0.717) is 6.20 Å². The number of nitrogens with one attached hydrogen (secondary N) is 1. The highest BCUT2D eigenvalue weighted by Crippen LogP contribution is 2.36. The normalized spacial score (nSPS) is 22.0. The fourth-order valence-electron chi connectivity index (χ4n) is 4.57. The second-order valence-electron chi connectivity index (χ2n) is 9.77. The molecule has 5 atom stereocenters. The van der Waals surface area contributed by atoms with Gasteiger partial charge in [-0.15, -0.1) is 13.2 Å². The molecule has 3 aromatic rings. The van der Waals surface area contributed by atoms with E-state index in [1.165, 1.54) is 6.07 Å². The minimum absolute atomic E-state index is 0.0492. The van der Waals surface area contributed by atoms with E-state index < -0.39 is 76.8 Å². The van der Waals surface area contributed by atoms with E-state index >= 15 is 4.39 Å². The Balaban J connectivity index is 1.49. The molecular formula is C26H23F8N5O3S. The van der Waals surface area contributed by atoms with E-state index in [1.54, 1.807) is 6.92 Å². The molecule has 4 rings (SSSR count). The molecule has 1 saturated carbocycles. The summed E-state index contributed by atoms with van der Waals surface area (Å²) < 4.78 is 123. The van der Waals surface area contributed by atoms with Crippen LogP contribution in [0.25, 0.3) is 11.3 Å². The van der Waals surface area contributed by atoms with Crippen LogP contribution >= 0.6 is 0 Å². The predicted molar refractivity (Wildman–Crippen MR) is 135 cm³/mol. The number of carbonyl (C=O) groups is 1. The third-order valence-electron chi connectivity index (χ3n) is 6.85. The Morgan fingerprint density at radius 2 is 1.74 bits per heavy atom. The van der Waals surface area contributed by atoms with Crippen LogP contribution in [0.1, 0.15) is 37.6 Å². The second-order valence-corrected chi connectivity index (χ2v) is 11.4. The maximum Gasteiger partial charge on any atom is 0.573 e. The van der Waals surface area contributed by atoms with Crippen molar-refractivity contribution in [3.05, 3.63) is 60.2 Å². The highest BCUT2D eigenvalue weighted by Gasteiger charge is 2.42. The van der Waals surface area contributed by atoms with Gasteiger partial charge in [0.15, 0.2) is 5.75 Å². The Morgan fingerprint density at radius 1 is 1.05 bits per heavy atom. The lowest BCUT2D eigenvalue weighted by Crippen LogP contribution is -2.33. The zero-order valence-corrected chi connectivity index (χ0v) is 22.9. The first-order valence-corrected chi connectivity index (χ1v) is 13.9. The SMILES string of the molecule is C[C@@H]1C([S+]([O-])c2ccc(F)cn2)CC[C@H](C(=O)NCc2cc(-c3cnc(C(F)(F)F)nc3)ncc2OC(F)(F)F)C[C@H]1F. The Hall–Kier alpha value is -3.60. The van der Waals surface area contributed by atoms with Gasteiger partial charge in [0.2, 0.25) is 16.8 Å². The first-order valence-electron chi connectivity index (χ1n) is 12.7. The van der Waals surface area contributed by atoms with Crippen LogP contribution in [0, 0.1) is 17.7 Å². The van der Waals surface area contributed by atoms with Crippen molar-refractivity contribution in [1.29, 1.82) is 0 Å². The molecule has 232 valence electrons. The van der Waals surface area contributed by atoms with Crippen LogP contribution < -0.4 is 10.1 Å². The van der Waals surface area contributed by atoms with Crippen molar-refractivity contribution in [2.45, 2.75) is 61.7 Å². The topological polar surface area (TPSA) is 113 Å². The Labute approximate surface area is 242 Å². The average Bonchev–Trinajstić information content (AvgIpc) is 3.09. The average molecular weight is 638 g/mol. The number of aromatic nitrogens is 4. The molecular weight excluding hydrogens is 614 g/mol. The summed E-state index contributed by atoms with van der Waals surface area (Å²) in [5.41, 5.74) is -0.373. The van der Waals surface area contributed by atoms with Crippen molar-refractivity contribution in [1.82, 2.24) is 25.3 Å². The molecule has 1 amide bonds. The van der Waals surface area contributed by atoms with E-state index in [-0.39, 0.29) is 41.1 Å². The van der Waals surface area contributed by atoms with E-state index in [4.69, 9.17) is 0 Å². The minimum Gasteiger partial charge on any atom is -0.610 e. The zero-order chi connectivity index (χ0) is 31.5. The molecule has 8 nitrogen and oxygen atoms in total. The fraction of sp³-hybridized carbons (Fsp3) is 0.423. The predicted octanol–water partition coefficient (Wildman–Crippen LogP) is 5.56. The summed E-state index contributed by atoms with van der Waals surface area (Å²) in [7, 11) is 0. The number of nitrogens with zero attached hydrogens (tertiary/aromatic N) is 4. The lowest BCUT2D eigenvalue weighted by molar-refractivity contribution is -0.275. The van der Waals surface area contributed by atoms with Gasteiger partial charge in [0.25, 0.3) is 0 Å². The van der Waals surface area contributed by atoms with Gasteiger partial charge in [0.05, 0.1) is 18.1 Å². The quantitative estimate of drug-likeness (QED) is 0.205. The van der Waals surface area contributed by atoms with Gasteiger partial charge in [0.1, 0.15) is 17.2 Å². The van der Waals surface area contributed by atoms with Crippen molar-refractivity contribution in [3.63, 3.8) is 0 Å². The monoisotopic (exact) mass is 637 g/mol. The largest absolute Gasteiger partial charge is 0.610 e. The third kappa shape index (κ3) is 8.28. The molecule has 1 aliphatic rings. The highest BCUT2D eigenvalue weighted by atomic mass is 32.2. The lowest BCUT2D eigenvalue weighted by Gasteiger charge is -2.25. The molecule has 1 N–H and O–H groups in total. The summed E-state index contributed by atoms with van der Waals surface area (Å²) in [6.45, 7) is 1.01. The van der Waals surface area contributed by atoms with Crippen LogP contribution in [0.3, 0.4) is 0 Å². The van der Waals surface area contributed by atoms with E-state index in [9.17, 15) is 40.1 Å². The molecule has 3 heterocycles. The van der Waals surface area contributed by atoms with Crippen LogP contribution in [-0.4, -0.2) is 48.2 Å². The van der Waals surface area contributed by atoms with Crippen LogP contribution in [0.5, 0.6) is 5.75 Å². The summed E-state index contributed by atoms with van der Waals surface area (Å²) in [6, 6.07) is 3.38. The lowest BCUT2D eigenvalue weighted by atomic mass is 9.96. The van der Waals surface area contributed by atoms with Gasteiger partial charge in [-0.2, -0.15) is 13.2 Å². The van der Waals surface area contributed by atoms with Gasteiger partial charge in [-0.25, -0.2) is 23.7 Å². The van der Waals surface area contributed by atoms with Gasteiger partial charge >= 0.3 is 12.5 Å². The first kappa shape index (κ1) is 32.3. The minimum atomic E-state index is -5.12. The summed E-state index contributed by atoms with van der Waals surface area (Å²) >= 11 is -1.79. The standard InChI is InChI=1S/C26H23F8N5O3S/c1-13-18(28)6-14(2-4-21(13)43(41)22-5-3-17(27)11-36-22)23(40)37-8-15-7-19(35-12-20(15)42-26(32,33)34)16-9-38-24(39-10-16)25(29,30)31/h3,5,7,9-14,18,21H,2,4,6,8H2,1H3,(H,37,40)/t13-,14-,18+,21?,43?/m0/s1. The number of rotatable bonds is 7. The van der Waals surface area contributed by atoms with Crippen molar-refractivity contribution in [3.8, 4) is 17.0 Å². The van der Waals surface area contributed by atoms with E-state index in [1.807, 2.05) is 0 Å². The number of hydrogen-bond acceptors (Lipinski definition) is 7. The van der Waals surface area contributed by atoms with Crippen molar-refractivity contribution in [2.75, 3.05) is 0 Å². The van der Waals surface area contributed by atoms with Crippen molar-refractivity contribution in [2.24, 2.45) is 11.8 Å². The molecule has 2 unspecified atom stereocenters. The number of ether oxygens (including phenoxy) is 1. The van der Waals surface area contributed by atoms with Crippen molar-refractivity contribution >= 4 is 17.1 Å². The third-order valence-corrected chi connectivity index (χ3v) is 8.72. The molecule has 1 aliphatic carbocycles. The van der Waals surface area contributed by atoms with Crippen molar-refractivity contribution < 1.29 is 49.2 Å². The Kier molecular flexibility index (Phi) is 9.73. The summed E-state index contributed by atoms with van der Waals surface area (Å²) in [5, 5.41) is 1.79. The number of pyridine rings is 2.